The molecule has 0 aliphatic carbocycles. The maximum atomic E-state index is 5.86. The summed E-state index contributed by atoms with van der Waals surface area (Å²) in [6, 6.07) is 0. The second-order valence-electron chi connectivity index (χ2n) is 3.89. The van der Waals surface area contributed by atoms with Crippen LogP contribution < -0.4 is 11.1 Å². The highest BCUT2D eigenvalue weighted by molar-refractivity contribution is 6.32. The van der Waals surface area contributed by atoms with Gasteiger partial charge in [-0.15, -0.1) is 0 Å². The molecule has 0 bridgehead atoms. The molecule has 4 nitrogen and oxygen atoms in total. The van der Waals surface area contributed by atoms with Crippen molar-refractivity contribution in [2.75, 3.05) is 11.1 Å². The molecule has 1 rings (SSSR count). The summed E-state index contributed by atoms with van der Waals surface area (Å²) in [6.45, 7) is 6.46. The Morgan fingerprint density at radius 2 is 1.81 bits per heavy atom. The number of hydrogen-bond acceptors (Lipinski definition) is 4. The predicted octanol–water partition coefficient (Wildman–Crippen LogP) is 3.09. The van der Waals surface area contributed by atoms with Crippen LogP contribution >= 0.6 is 11.6 Å². The van der Waals surface area contributed by atoms with E-state index in [2.05, 4.69) is 36.1 Å². The fourth-order valence-electron chi connectivity index (χ4n) is 1.74. The molecular weight excluding hydrogens is 224 g/mol. The Bertz CT molecular complexity index is 342. The Balaban J connectivity index is 2.98. The third kappa shape index (κ3) is 2.55. The molecule has 1 aromatic heterocycles. The van der Waals surface area contributed by atoms with Crippen molar-refractivity contribution in [3.63, 3.8) is 0 Å². The van der Waals surface area contributed by atoms with Gasteiger partial charge in [-0.1, -0.05) is 32.4 Å². The fraction of sp³-hybridized carbons (Fsp3) is 0.636. The second kappa shape index (κ2) is 5.34. The van der Waals surface area contributed by atoms with Crippen molar-refractivity contribution in [1.82, 2.24) is 9.97 Å². The minimum absolute atomic E-state index is 0.0335. The van der Waals surface area contributed by atoms with Gasteiger partial charge in [0.2, 0.25) is 0 Å². The van der Waals surface area contributed by atoms with Crippen LogP contribution in [0.1, 0.15) is 40.0 Å². The lowest BCUT2D eigenvalue weighted by molar-refractivity contribution is 0.419. The molecule has 0 radical (unpaired) electrons. The van der Waals surface area contributed by atoms with Crippen LogP contribution in [0.5, 0.6) is 0 Å². The average molecular weight is 243 g/mol. The van der Waals surface area contributed by atoms with E-state index in [4.69, 9.17) is 17.3 Å². The van der Waals surface area contributed by atoms with Gasteiger partial charge in [-0.25, -0.2) is 9.97 Å². The van der Waals surface area contributed by atoms with Gasteiger partial charge in [0.15, 0.2) is 11.0 Å². The van der Waals surface area contributed by atoms with E-state index in [0.29, 0.717) is 16.7 Å². The van der Waals surface area contributed by atoms with Gasteiger partial charge >= 0.3 is 0 Å². The topological polar surface area (TPSA) is 63.8 Å². The first kappa shape index (κ1) is 13.0. The van der Waals surface area contributed by atoms with Gasteiger partial charge in [-0.2, -0.15) is 0 Å². The van der Waals surface area contributed by atoms with E-state index in [-0.39, 0.29) is 5.54 Å². The van der Waals surface area contributed by atoms with Gasteiger partial charge in [0.05, 0.1) is 0 Å². The first-order valence-corrected chi connectivity index (χ1v) is 6.00. The SMILES string of the molecule is CCC(CC)(CC)Nc1ncnc(Cl)c1N. The summed E-state index contributed by atoms with van der Waals surface area (Å²) in [5.74, 6) is 0.630. The summed E-state index contributed by atoms with van der Waals surface area (Å²) in [5, 5.41) is 3.69. The van der Waals surface area contributed by atoms with Crippen LogP contribution in [0, 0.1) is 0 Å². The molecule has 0 saturated heterocycles. The lowest BCUT2D eigenvalue weighted by Gasteiger charge is -2.32. The maximum absolute atomic E-state index is 5.86. The summed E-state index contributed by atoms with van der Waals surface area (Å²) in [5.41, 5.74) is 6.29. The Labute approximate surface area is 102 Å². The summed E-state index contributed by atoms with van der Waals surface area (Å²) in [7, 11) is 0. The molecule has 0 aromatic carbocycles. The average Bonchev–Trinajstić information content (AvgIpc) is 2.32. The Hall–Kier alpha value is -1.03. The number of hydrogen-bond donors (Lipinski definition) is 2. The van der Waals surface area contributed by atoms with Gasteiger partial charge in [-0.3, -0.25) is 0 Å². The van der Waals surface area contributed by atoms with E-state index in [1.807, 2.05) is 0 Å². The van der Waals surface area contributed by atoms with Crippen LogP contribution in [0.2, 0.25) is 5.15 Å². The second-order valence-corrected chi connectivity index (χ2v) is 4.25. The summed E-state index contributed by atoms with van der Waals surface area (Å²) in [6.07, 6.45) is 4.47. The van der Waals surface area contributed by atoms with Gasteiger partial charge < -0.3 is 11.1 Å². The van der Waals surface area contributed by atoms with Crippen molar-refractivity contribution < 1.29 is 0 Å². The Kier molecular flexibility index (Phi) is 4.35. The van der Waals surface area contributed by atoms with E-state index >= 15 is 0 Å². The first-order chi connectivity index (χ1) is 7.58. The summed E-state index contributed by atoms with van der Waals surface area (Å²) in [4.78, 5) is 7.97. The molecule has 0 saturated carbocycles. The molecule has 5 heteroatoms. The lowest BCUT2D eigenvalue weighted by atomic mass is 9.90. The highest BCUT2D eigenvalue weighted by Gasteiger charge is 2.25. The molecule has 3 N–H and O–H groups in total. The Morgan fingerprint density at radius 3 is 2.31 bits per heavy atom. The molecule has 16 heavy (non-hydrogen) atoms. The number of nitrogens with zero attached hydrogens (tertiary/aromatic N) is 2. The van der Waals surface area contributed by atoms with Crippen molar-refractivity contribution in [2.24, 2.45) is 0 Å². The molecule has 0 unspecified atom stereocenters. The molecule has 0 amide bonds. The Morgan fingerprint density at radius 1 is 1.25 bits per heavy atom. The molecule has 1 aromatic rings. The molecule has 0 spiro atoms. The largest absolute Gasteiger partial charge is 0.393 e. The van der Waals surface area contributed by atoms with Crippen molar-refractivity contribution >= 4 is 23.1 Å². The van der Waals surface area contributed by atoms with Crippen LogP contribution in [-0.4, -0.2) is 15.5 Å². The zero-order valence-electron chi connectivity index (χ0n) is 10.0. The van der Waals surface area contributed by atoms with E-state index in [9.17, 15) is 0 Å². The third-order valence-electron chi connectivity index (χ3n) is 3.25. The quantitative estimate of drug-likeness (QED) is 0.779. The minimum atomic E-state index is 0.0335. The molecule has 90 valence electrons. The summed E-state index contributed by atoms with van der Waals surface area (Å²) < 4.78 is 0. The van der Waals surface area contributed by atoms with Crippen molar-refractivity contribution in [3.05, 3.63) is 11.5 Å². The maximum Gasteiger partial charge on any atom is 0.157 e. The van der Waals surface area contributed by atoms with Crippen LogP contribution in [0.15, 0.2) is 6.33 Å². The molecular formula is C11H19ClN4. The smallest absolute Gasteiger partial charge is 0.157 e. The van der Waals surface area contributed by atoms with Crippen molar-refractivity contribution in [3.8, 4) is 0 Å². The van der Waals surface area contributed by atoms with Gasteiger partial charge in [0.25, 0.3) is 0 Å². The lowest BCUT2D eigenvalue weighted by Crippen LogP contribution is -2.36. The predicted molar refractivity (Wildman–Crippen MR) is 68.7 cm³/mol. The molecule has 0 aliphatic rings. The van der Waals surface area contributed by atoms with Gasteiger partial charge in [0.1, 0.15) is 12.0 Å². The van der Waals surface area contributed by atoms with Gasteiger partial charge in [0, 0.05) is 5.54 Å². The van der Waals surface area contributed by atoms with Crippen LogP contribution in [0.3, 0.4) is 0 Å². The van der Waals surface area contributed by atoms with Crippen molar-refractivity contribution in [2.45, 2.75) is 45.6 Å². The third-order valence-corrected chi connectivity index (χ3v) is 3.55. The standard InChI is InChI=1S/C11H19ClN4/c1-4-11(5-2,6-3)16-10-8(13)9(12)14-7-15-10/h7H,4-6,13H2,1-3H3,(H,14,15,16). The molecule has 0 aliphatic heterocycles. The van der Waals surface area contributed by atoms with Crippen LogP contribution in [0.25, 0.3) is 0 Å². The monoisotopic (exact) mass is 242 g/mol. The number of halogens is 1. The van der Waals surface area contributed by atoms with Gasteiger partial charge in [-0.05, 0) is 19.3 Å². The fourth-order valence-corrected chi connectivity index (χ4v) is 1.87. The van der Waals surface area contributed by atoms with Crippen molar-refractivity contribution in [1.29, 1.82) is 0 Å². The van der Waals surface area contributed by atoms with E-state index in [0.717, 1.165) is 19.3 Å². The number of nitrogens with two attached hydrogens (primary N) is 1. The zero-order chi connectivity index (χ0) is 12.2. The molecule has 0 fully saturated rings. The highest BCUT2D eigenvalue weighted by atomic mass is 35.5. The number of anilines is 2. The molecule has 1 heterocycles. The zero-order valence-corrected chi connectivity index (χ0v) is 10.8. The number of nitrogens with one attached hydrogen (secondary N) is 1. The normalized spacial score (nSPS) is 11.5. The molecule has 0 atom stereocenters. The van der Waals surface area contributed by atoms with E-state index in [1.54, 1.807) is 0 Å². The number of nitrogen functional groups attached to an aromatic ring is 1. The number of rotatable bonds is 5. The highest BCUT2D eigenvalue weighted by Crippen LogP contribution is 2.29. The van der Waals surface area contributed by atoms with Crippen LogP contribution in [0.4, 0.5) is 11.5 Å². The minimum Gasteiger partial charge on any atom is -0.393 e. The first-order valence-electron chi connectivity index (χ1n) is 5.62. The van der Waals surface area contributed by atoms with E-state index < -0.39 is 0 Å². The number of aromatic nitrogens is 2. The van der Waals surface area contributed by atoms with E-state index in [1.165, 1.54) is 6.33 Å². The van der Waals surface area contributed by atoms with Crippen LogP contribution in [-0.2, 0) is 0 Å². The summed E-state index contributed by atoms with van der Waals surface area (Å²) >= 11 is 5.86.